The molecule has 1 aromatic carbocycles. The van der Waals surface area contributed by atoms with Gasteiger partial charge in [0.05, 0.1) is 17.4 Å². The fraction of sp³-hybridized carbons (Fsp3) is 0.429. The number of nitrogens with one attached hydrogen (secondary N) is 2. The quantitative estimate of drug-likeness (QED) is 0.709. The number of fused-ring (bicyclic) bond motifs is 1. The lowest BCUT2D eigenvalue weighted by Crippen LogP contribution is -2.51. The average molecular weight is 393 g/mol. The van der Waals surface area contributed by atoms with Crippen LogP contribution in [-0.2, 0) is 0 Å². The summed E-state index contributed by atoms with van der Waals surface area (Å²) in [7, 11) is 0. The lowest BCUT2D eigenvalue weighted by atomic mass is 9.97. The van der Waals surface area contributed by atoms with E-state index in [0.29, 0.717) is 36.6 Å². The molecule has 0 radical (unpaired) electrons. The molecule has 0 spiro atoms. The molecule has 8 nitrogen and oxygen atoms in total. The summed E-state index contributed by atoms with van der Waals surface area (Å²) in [6, 6.07) is 7.30. The predicted molar refractivity (Wildman–Crippen MR) is 106 cm³/mol. The summed E-state index contributed by atoms with van der Waals surface area (Å²) in [4.78, 5) is 34.6. The Hall–Kier alpha value is -3.16. The molecule has 150 valence electrons. The van der Waals surface area contributed by atoms with Gasteiger partial charge < -0.3 is 19.7 Å². The molecule has 1 saturated carbocycles. The van der Waals surface area contributed by atoms with Crippen LogP contribution >= 0.6 is 0 Å². The zero-order chi connectivity index (χ0) is 20.0. The van der Waals surface area contributed by atoms with E-state index in [1.807, 2.05) is 30.0 Å². The van der Waals surface area contributed by atoms with Crippen molar-refractivity contribution in [1.82, 2.24) is 25.3 Å². The lowest BCUT2D eigenvalue weighted by Gasteiger charge is -2.38. The first-order chi connectivity index (χ1) is 14.1. The Labute approximate surface area is 167 Å². The van der Waals surface area contributed by atoms with Crippen LogP contribution in [-0.4, -0.2) is 50.5 Å². The molecule has 5 rings (SSSR count). The van der Waals surface area contributed by atoms with Gasteiger partial charge in [-0.3, -0.25) is 9.59 Å². The predicted octanol–water partition coefficient (Wildman–Crippen LogP) is 2.85. The van der Waals surface area contributed by atoms with E-state index >= 15 is 0 Å². The molecule has 2 N–H and O–H groups in total. The van der Waals surface area contributed by atoms with E-state index in [1.54, 1.807) is 12.4 Å². The average Bonchev–Trinajstić information content (AvgIpc) is 3.26. The first-order valence-electron chi connectivity index (χ1n) is 10.1. The first kappa shape index (κ1) is 17.9. The molecular formula is C21H23N5O3. The number of rotatable bonds is 4. The van der Waals surface area contributed by atoms with Crippen molar-refractivity contribution < 1.29 is 14.1 Å². The van der Waals surface area contributed by atoms with E-state index in [-0.39, 0.29) is 23.9 Å². The minimum atomic E-state index is -0.207. The second-order valence-electron chi connectivity index (χ2n) is 8.07. The second-order valence-corrected chi connectivity index (χ2v) is 8.07. The van der Waals surface area contributed by atoms with Crippen molar-refractivity contribution in [1.29, 1.82) is 0 Å². The number of hydrogen-bond donors (Lipinski definition) is 2. The van der Waals surface area contributed by atoms with E-state index < -0.39 is 0 Å². The zero-order valence-corrected chi connectivity index (χ0v) is 16.2. The van der Waals surface area contributed by atoms with Crippen molar-refractivity contribution in [2.24, 2.45) is 0 Å². The number of hydrogen-bond acceptors (Lipinski definition) is 5. The van der Waals surface area contributed by atoms with Crippen LogP contribution in [0.25, 0.3) is 11.0 Å². The highest BCUT2D eigenvalue weighted by atomic mass is 16.5. The Morgan fingerprint density at radius 3 is 2.90 bits per heavy atom. The van der Waals surface area contributed by atoms with Crippen LogP contribution in [0.15, 0.2) is 35.1 Å². The van der Waals surface area contributed by atoms with Crippen molar-refractivity contribution >= 4 is 22.8 Å². The molecule has 1 aliphatic heterocycles. The van der Waals surface area contributed by atoms with Gasteiger partial charge in [0, 0.05) is 36.2 Å². The highest BCUT2D eigenvalue weighted by Gasteiger charge is 2.32. The van der Waals surface area contributed by atoms with Crippen molar-refractivity contribution in [2.75, 3.05) is 6.54 Å². The molecular weight excluding hydrogens is 370 g/mol. The molecule has 0 bridgehead atoms. The summed E-state index contributed by atoms with van der Waals surface area (Å²) in [5.41, 5.74) is 2.66. The second kappa shape index (κ2) is 7.02. The summed E-state index contributed by atoms with van der Waals surface area (Å²) in [5.74, 6) is 1.02. The fourth-order valence-corrected chi connectivity index (χ4v) is 4.05. The minimum Gasteiger partial charge on any atom is -0.360 e. The summed E-state index contributed by atoms with van der Waals surface area (Å²) < 4.78 is 5.27. The maximum absolute atomic E-state index is 13.0. The number of likely N-dealkylation sites (tertiary alicyclic amines) is 1. The van der Waals surface area contributed by atoms with Crippen molar-refractivity contribution in [3.63, 3.8) is 0 Å². The molecule has 2 fully saturated rings. The number of aromatic nitrogens is 3. The zero-order valence-electron chi connectivity index (χ0n) is 16.2. The topological polar surface area (TPSA) is 104 Å². The summed E-state index contributed by atoms with van der Waals surface area (Å²) >= 11 is 0. The third-order valence-electron chi connectivity index (χ3n) is 5.88. The molecule has 2 atom stereocenters. The van der Waals surface area contributed by atoms with Gasteiger partial charge in [0.1, 0.15) is 5.76 Å². The Morgan fingerprint density at radius 1 is 1.24 bits per heavy atom. The Bertz CT molecular complexity index is 1070. The number of benzene rings is 1. The minimum absolute atomic E-state index is 0.00208. The van der Waals surface area contributed by atoms with Gasteiger partial charge in [-0.2, -0.15) is 0 Å². The van der Waals surface area contributed by atoms with Crippen LogP contribution in [0.4, 0.5) is 0 Å². The molecule has 3 heterocycles. The third kappa shape index (κ3) is 3.50. The molecule has 2 amide bonds. The molecule has 1 aliphatic carbocycles. The number of nitrogens with zero attached hydrogens (tertiary/aromatic N) is 3. The van der Waals surface area contributed by atoms with Gasteiger partial charge in [0.15, 0.2) is 5.69 Å². The molecule has 29 heavy (non-hydrogen) atoms. The standard InChI is InChI=1S/C21H23N5O3/c1-12-8-15(24-20(27)18-10-19(29-25-18)13-2-3-13)6-7-26(12)21(28)14-4-5-16-17(9-14)23-11-22-16/h4-5,9-13,15H,2-3,6-8H2,1H3,(H,22,23)(H,24,27)/t12-,15+/m0/s1. The molecule has 3 aromatic rings. The third-order valence-corrected chi connectivity index (χ3v) is 5.88. The number of carbonyl (C=O) groups excluding carboxylic acids is 2. The number of amides is 2. The van der Waals surface area contributed by atoms with E-state index in [2.05, 4.69) is 20.4 Å². The van der Waals surface area contributed by atoms with Gasteiger partial charge >= 0.3 is 0 Å². The molecule has 2 aliphatic rings. The highest BCUT2D eigenvalue weighted by molar-refractivity contribution is 5.97. The Balaban J connectivity index is 1.21. The fourth-order valence-electron chi connectivity index (χ4n) is 4.05. The van der Waals surface area contributed by atoms with Crippen molar-refractivity contribution in [3.05, 3.63) is 47.6 Å². The van der Waals surface area contributed by atoms with Gasteiger partial charge in [-0.15, -0.1) is 0 Å². The first-order valence-corrected chi connectivity index (χ1v) is 10.1. The van der Waals surface area contributed by atoms with Gasteiger partial charge in [-0.1, -0.05) is 5.16 Å². The molecule has 2 aromatic heterocycles. The van der Waals surface area contributed by atoms with Crippen LogP contribution in [0.3, 0.4) is 0 Å². The number of piperidine rings is 1. The highest BCUT2D eigenvalue weighted by Crippen LogP contribution is 2.40. The van der Waals surface area contributed by atoms with Crippen LogP contribution in [0.1, 0.15) is 65.1 Å². The summed E-state index contributed by atoms with van der Waals surface area (Å²) in [5, 5.41) is 6.95. The van der Waals surface area contributed by atoms with Gasteiger partial charge in [-0.05, 0) is 50.8 Å². The number of imidazole rings is 1. The van der Waals surface area contributed by atoms with Crippen molar-refractivity contribution in [3.8, 4) is 0 Å². The van der Waals surface area contributed by atoms with E-state index in [0.717, 1.165) is 29.6 Å². The van der Waals surface area contributed by atoms with Gasteiger partial charge in [-0.25, -0.2) is 4.98 Å². The summed E-state index contributed by atoms with van der Waals surface area (Å²) in [6.45, 7) is 2.61. The maximum Gasteiger partial charge on any atom is 0.273 e. The van der Waals surface area contributed by atoms with Gasteiger partial charge in [0.2, 0.25) is 0 Å². The molecule has 0 unspecified atom stereocenters. The van der Waals surface area contributed by atoms with Crippen LogP contribution in [0.5, 0.6) is 0 Å². The monoisotopic (exact) mass is 393 g/mol. The normalized spacial score (nSPS) is 22.0. The number of H-pyrrole nitrogens is 1. The number of carbonyl (C=O) groups is 2. The van der Waals surface area contributed by atoms with E-state index in [9.17, 15) is 9.59 Å². The van der Waals surface area contributed by atoms with Crippen LogP contribution < -0.4 is 5.32 Å². The van der Waals surface area contributed by atoms with Crippen molar-refractivity contribution in [2.45, 2.75) is 50.6 Å². The number of aromatic amines is 1. The van der Waals surface area contributed by atoms with E-state index in [4.69, 9.17) is 4.52 Å². The molecule has 8 heteroatoms. The largest absolute Gasteiger partial charge is 0.360 e. The van der Waals surface area contributed by atoms with Crippen LogP contribution in [0.2, 0.25) is 0 Å². The Morgan fingerprint density at radius 2 is 2.10 bits per heavy atom. The van der Waals surface area contributed by atoms with E-state index in [1.165, 1.54) is 0 Å². The maximum atomic E-state index is 13.0. The summed E-state index contributed by atoms with van der Waals surface area (Å²) in [6.07, 6.45) is 5.24. The van der Waals surface area contributed by atoms with Gasteiger partial charge in [0.25, 0.3) is 11.8 Å². The SMILES string of the molecule is C[C@H]1C[C@H](NC(=O)c2cc(C3CC3)on2)CCN1C(=O)c1ccc2[nH]cnc2c1. The Kier molecular flexibility index (Phi) is 4.34. The lowest BCUT2D eigenvalue weighted by molar-refractivity contribution is 0.0595. The van der Waals surface area contributed by atoms with Crippen LogP contribution in [0, 0.1) is 0 Å². The molecule has 1 saturated heterocycles. The smallest absolute Gasteiger partial charge is 0.273 e.